The molecule has 0 bridgehead atoms. The zero-order chi connectivity index (χ0) is 15.1. The topological polar surface area (TPSA) is 63.6 Å². The largest absolute Gasteiger partial charge is 0.451 e. The molecule has 1 aromatic rings. The van der Waals surface area contributed by atoms with Crippen molar-refractivity contribution in [2.45, 2.75) is 32.5 Å². The molecule has 0 aromatic heterocycles. The third kappa shape index (κ3) is 4.31. The summed E-state index contributed by atoms with van der Waals surface area (Å²) in [7, 11) is 0. The van der Waals surface area contributed by atoms with Crippen LogP contribution in [0.15, 0.2) is 43.0 Å². The molecule has 1 N–H and O–H groups in total. The van der Waals surface area contributed by atoms with Crippen LogP contribution in [0.3, 0.4) is 0 Å². The number of benzene rings is 1. The van der Waals surface area contributed by atoms with Gasteiger partial charge in [0.1, 0.15) is 0 Å². The number of carbonyl (C=O) groups excluding carboxylic acids is 2. The van der Waals surface area contributed by atoms with E-state index in [1.54, 1.807) is 43.3 Å². The molecule has 0 unspecified atom stereocenters. The number of aliphatic hydroxyl groups excluding tert-OH is 1. The Morgan fingerprint density at radius 2 is 1.90 bits per heavy atom. The number of ketones is 1. The second-order valence-electron chi connectivity index (χ2n) is 4.70. The van der Waals surface area contributed by atoms with E-state index >= 15 is 0 Å². The highest BCUT2D eigenvalue weighted by Crippen LogP contribution is 2.14. The normalized spacial score (nSPS) is 14.9. The van der Waals surface area contributed by atoms with Crippen molar-refractivity contribution >= 4 is 11.8 Å². The smallest absolute Gasteiger partial charge is 0.338 e. The quantitative estimate of drug-likeness (QED) is 0.613. The second kappa shape index (κ2) is 7.60. The van der Waals surface area contributed by atoms with Gasteiger partial charge in [-0.2, -0.15) is 0 Å². The molecule has 4 nitrogen and oxygen atoms in total. The maximum absolute atomic E-state index is 12.1. The van der Waals surface area contributed by atoms with Gasteiger partial charge in [0.15, 0.2) is 11.9 Å². The van der Waals surface area contributed by atoms with Crippen molar-refractivity contribution in [3.05, 3.63) is 48.6 Å². The molecule has 0 saturated heterocycles. The van der Waals surface area contributed by atoms with E-state index in [2.05, 4.69) is 6.58 Å². The van der Waals surface area contributed by atoms with Gasteiger partial charge in [0.25, 0.3) is 0 Å². The van der Waals surface area contributed by atoms with Crippen LogP contribution in [-0.2, 0) is 9.53 Å². The number of ether oxygens (including phenoxy) is 1. The van der Waals surface area contributed by atoms with Crippen LogP contribution in [0.4, 0.5) is 0 Å². The molecule has 20 heavy (non-hydrogen) atoms. The predicted molar refractivity (Wildman–Crippen MR) is 76.3 cm³/mol. The standard InChI is InChI=1S/C16H20O4/c1-4-8-14(17)11(2)15(18)12(3)20-16(19)13-9-6-5-7-10-13/h4-7,9-12,14,17H,1,8H2,2-3H3/t11-,12+,14-/m1/s1. The average molecular weight is 276 g/mol. The summed E-state index contributed by atoms with van der Waals surface area (Å²) in [6.45, 7) is 6.65. The van der Waals surface area contributed by atoms with Crippen LogP contribution in [0.25, 0.3) is 0 Å². The minimum absolute atomic E-state index is 0.302. The van der Waals surface area contributed by atoms with Crippen molar-refractivity contribution in [1.29, 1.82) is 0 Å². The zero-order valence-corrected chi connectivity index (χ0v) is 11.8. The van der Waals surface area contributed by atoms with Crippen molar-refractivity contribution in [2.24, 2.45) is 5.92 Å². The number of hydrogen-bond acceptors (Lipinski definition) is 4. The van der Waals surface area contributed by atoms with Gasteiger partial charge < -0.3 is 9.84 Å². The van der Waals surface area contributed by atoms with Gasteiger partial charge in [0.05, 0.1) is 11.7 Å². The molecule has 0 saturated carbocycles. The first-order valence-electron chi connectivity index (χ1n) is 6.56. The molecule has 0 spiro atoms. The highest BCUT2D eigenvalue weighted by molar-refractivity contribution is 5.93. The first kappa shape index (κ1) is 16.1. The molecule has 0 aliphatic carbocycles. The fourth-order valence-electron chi connectivity index (χ4n) is 1.80. The van der Waals surface area contributed by atoms with Gasteiger partial charge in [-0.25, -0.2) is 4.79 Å². The van der Waals surface area contributed by atoms with Gasteiger partial charge in [-0.1, -0.05) is 31.2 Å². The summed E-state index contributed by atoms with van der Waals surface area (Å²) in [6.07, 6.45) is 0.177. The van der Waals surface area contributed by atoms with Crippen LogP contribution < -0.4 is 0 Å². The first-order valence-corrected chi connectivity index (χ1v) is 6.56. The summed E-state index contributed by atoms with van der Waals surface area (Å²) in [5.41, 5.74) is 0.395. The Kier molecular flexibility index (Phi) is 6.12. The average Bonchev–Trinajstić information content (AvgIpc) is 2.46. The van der Waals surface area contributed by atoms with Crippen LogP contribution in [0, 0.1) is 5.92 Å². The van der Waals surface area contributed by atoms with E-state index in [0.29, 0.717) is 12.0 Å². The molecule has 1 aromatic carbocycles. The maximum Gasteiger partial charge on any atom is 0.338 e. The van der Waals surface area contributed by atoms with E-state index in [4.69, 9.17) is 4.74 Å². The van der Waals surface area contributed by atoms with E-state index in [-0.39, 0.29) is 5.78 Å². The fraction of sp³-hybridized carbons (Fsp3) is 0.375. The molecule has 0 aliphatic rings. The molecule has 4 heteroatoms. The lowest BCUT2D eigenvalue weighted by molar-refractivity contribution is -0.133. The highest BCUT2D eigenvalue weighted by atomic mass is 16.5. The van der Waals surface area contributed by atoms with E-state index in [1.807, 2.05) is 0 Å². The fourth-order valence-corrected chi connectivity index (χ4v) is 1.80. The summed E-state index contributed by atoms with van der Waals surface area (Å²) in [6, 6.07) is 8.48. The lowest BCUT2D eigenvalue weighted by Gasteiger charge is -2.20. The van der Waals surface area contributed by atoms with E-state index in [0.717, 1.165) is 0 Å². The van der Waals surface area contributed by atoms with Crippen molar-refractivity contribution in [2.75, 3.05) is 0 Å². The molecule has 0 aliphatic heterocycles. The van der Waals surface area contributed by atoms with Gasteiger partial charge in [-0.15, -0.1) is 6.58 Å². The van der Waals surface area contributed by atoms with Crippen molar-refractivity contribution in [3.63, 3.8) is 0 Å². The van der Waals surface area contributed by atoms with Crippen molar-refractivity contribution in [1.82, 2.24) is 0 Å². The SMILES string of the molecule is C=CC[C@@H](O)[C@@H](C)C(=O)[C@H](C)OC(=O)c1ccccc1. The Hall–Kier alpha value is -1.94. The Labute approximate surface area is 119 Å². The molecule has 108 valence electrons. The number of rotatable bonds is 7. The second-order valence-corrected chi connectivity index (χ2v) is 4.70. The Balaban J connectivity index is 2.62. The molecule has 1 rings (SSSR count). The van der Waals surface area contributed by atoms with E-state index < -0.39 is 24.1 Å². The number of aliphatic hydroxyl groups is 1. The minimum atomic E-state index is -0.892. The lowest BCUT2D eigenvalue weighted by atomic mass is 9.94. The third-order valence-electron chi connectivity index (χ3n) is 3.13. The number of Topliss-reactive ketones (excluding diaryl/α,β-unsaturated/α-hetero) is 1. The van der Waals surface area contributed by atoms with Crippen LogP contribution >= 0.6 is 0 Å². The lowest BCUT2D eigenvalue weighted by Crippen LogP contribution is -2.35. The van der Waals surface area contributed by atoms with Crippen LogP contribution in [-0.4, -0.2) is 29.1 Å². The van der Waals surface area contributed by atoms with Gasteiger partial charge in [-0.05, 0) is 25.5 Å². The highest BCUT2D eigenvalue weighted by Gasteiger charge is 2.28. The Morgan fingerprint density at radius 3 is 2.45 bits per heavy atom. The van der Waals surface area contributed by atoms with Crippen LogP contribution in [0.5, 0.6) is 0 Å². The molecule has 3 atom stereocenters. The van der Waals surface area contributed by atoms with Gasteiger partial charge in [0, 0.05) is 5.92 Å². The summed E-state index contributed by atoms with van der Waals surface area (Å²) in [5, 5.41) is 9.76. The van der Waals surface area contributed by atoms with Gasteiger partial charge in [-0.3, -0.25) is 4.79 Å². The van der Waals surface area contributed by atoms with E-state index in [1.165, 1.54) is 6.92 Å². The van der Waals surface area contributed by atoms with Gasteiger partial charge in [0.2, 0.25) is 0 Å². The predicted octanol–water partition coefficient (Wildman–Crippen LogP) is 2.37. The zero-order valence-electron chi connectivity index (χ0n) is 11.8. The van der Waals surface area contributed by atoms with Crippen molar-refractivity contribution in [3.8, 4) is 0 Å². The van der Waals surface area contributed by atoms with Crippen LogP contribution in [0.2, 0.25) is 0 Å². The number of esters is 1. The first-order chi connectivity index (χ1) is 9.47. The third-order valence-corrected chi connectivity index (χ3v) is 3.13. The molecule has 0 fully saturated rings. The summed E-state index contributed by atoms with van der Waals surface area (Å²) >= 11 is 0. The maximum atomic E-state index is 12.1. The number of hydrogen-bond donors (Lipinski definition) is 1. The minimum Gasteiger partial charge on any atom is -0.451 e. The molecular weight excluding hydrogens is 256 g/mol. The Bertz CT molecular complexity index is 467. The van der Waals surface area contributed by atoms with Gasteiger partial charge >= 0.3 is 5.97 Å². The molecule has 0 heterocycles. The molecule has 0 radical (unpaired) electrons. The summed E-state index contributed by atoms with van der Waals surface area (Å²) in [4.78, 5) is 23.9. The van der Waals surface area contributed by atoms with E-state index in [9.17, 15) is 14.7 Å². The van der Waals surface area contributed by atoms with Crippen LogP contribution in [0.1, 0.15) is 30.6 Å². The Morgan fingerprint density at radius 1 is 1.30 bits per heavy atom. The monoisotopic (exact) mass is 276 g/mol. The molecular formula is C16H20O4. The summed E-state index contributed by atoms with van der Waals surface area (Å²) < 4.78 is 5.12. The number of carbonyl (C=O) groups is 2. The molecule has 0 amide bonds. The summed E-state index contributed by atoms with van der Waals surface area (Å²) in [5.74, 6) is -1.45. The van der Waals surface area contributed by atoms with Crippen molar-refractivity contribution < 1.29 is 19.4 Å².